The Morgan fingerprint density at radius 1 is 1.10 bits per heavy atom. The van der Waals surface area contributed by atoms with Crippen LogP contribution in [0.1, 0.15) is 86.0 Å². The number of ketones is 2. The molecule has 3 fully saturated rings. The van der Waals surface area contributed by atoms with Gasteiger partial charge >= 0.3 is 5.97 Å². The van der Waals surface area contributed by atoms with Gasteiger partial charge in [-0.25, -0.2) is 0 Å². The van der Waals surface area contributed by atoms with Crippen LogP contribution in [0, 0.1) is 28.6 Å². The van der Waals surface area contributed by atoms with Crippen molar-refractivity contribution < 1.29 is 24.2 Å². The van der Waals surface area contributed by atoms with Crippen LogP contribution in [-0.4, -0.2) is 34.9 Å². The number of carbonyl (C=O) groups is 3. The minimum absolute atomic E-state index is 0. The third-order valence-electron chi connectivity index (χ3n) is 9.25. The molecular formula is C25H38O5. The van der Waals surface area contributed by atoms with Crippen molar-refractivity contribution >= 4 is 17.5 Å². The number of esters is 1. The van der Waals surface area contributed by atoms with Gasteiger partial charge in [0.2, 0.25) is 5.78 Å². The highest BCUT2D eigenvalue weighted by atomic mass is 16.6. The number of aliphatic hydroxyl groups is 1. The van der Waals surface area contributed by atoms with Gasteiger partial charge in [-0.2, -0.15) is 0 Å². The number of allylic oxidation sites excluding steroid dienone is 1. The normalized spacial score (nSPS) is 42.2. The fourth-order valence-electron chi connectivity index (χ4n) is 7.63. The molecule has 0 heterocycles. The Hall–Kier alpha value is -1.49. The molecule has 0 aliphatic heterocycles. The van der Waals surface area contributed by atoms with Crippen LogP contribution in [0.4, 0.5) is 0 Å². The molecular weight excluding hydrogens is 380 g/mol. The van der Waals surface area contributed by atoms with Gasteiger partial charge < -0.3 is 9.84 Å². The zero-order valence-electron chi connectivity index (χ0n) is 18.0. The molecule has 30 heavy (non-hydrogen) atoms. The fraction of sp³-hybridized carbons (Fsp3) is 0.800. The summed E-state index contributed by atoms with van der Waals surface area (Å²) >= 11 is 0. The minimum Gasteiger partial charge on any atom is -0.450 e. The minimum atomic E-state index is -1.19. The molecule has 0 radical (unpaired) electrons. The third-order valence-corrected chi connectivity index (χ3v) is 9.25. The zero-order valence-corrected chi connectivity index (χ0v) is 18.0. The Bertz CT molecular complexity index is 770. The van der Waals surface area contributed by atoms with Crippen molar-refractivity contribution in [1.29, 1.82) is 0 Å². The second kappa shape index (κ2) is 7.89. The molecule has 4 aliphatic carbocycles. The lowest BCUT2D eigenvalue weighted by atomic mass is 9.46. The highest BCUT2D eigenvalue weighted by Crippen LogP contribution is 2.68. The van der Waals surface area contributed by atoms with Gasteiger partial charge in [-0.1, -0.05) is 33.8 Å². The smallest absolute Gasteiger partial charge is 0.306 e. The molecule has 4 aliphatic rings. The second-order valence-electron chi connectivity index (χ2n) is 10.2. The monoisotopic (exact) mass is 418 g/mol. The van der Waals surface area contributed by atoms with Crippen LogP contribution in [-0.2, 0) is 19.1 Å². The first-order valence-electron chi connectivity index (χ1n) is 11.3. The number of Topliss-reactive ketones (excluding diaryl/α,β-unsaturated/α-hetero) is 1. The van der Waals surface area contributed by atoms with Crippen molar-refractivity contribution in [3.8, 4) is 0 Å². The largest absolute Gasteiger partial charge is 0.450 e. The molecule has 0 aromatic carbocycles. The Morgan fingerprint density at radius 2 is 1.80 bits per heavy atom. The molecule has 5 heteroatoms. The standard InChI is InChI=1S/C24H34O5.CH4/c1-4-21(28)29-24(20(27)14-25)12-9-19-17-6-5-15-13-16(26)7-10-22(15,2)18(17)8-11-23(19,24)3;/h13,17-19,25H,4-12,14H2,1-3H3;1H4/t17-,18+,19?,22+,23+,24+;/m1./s1. The number of ether oxygens (including phenoxy) is 1. The Kier molecular flexibility index (Phi) is 6.09. The van der Waals surface area contributed by atoms with Crippen molar-refractivity contribution in [2.75, 3.05) is 6.61 Å². The zero-order chi connectivity index (χ0) is 21.0. The van der Waals surface area contributed by atoms with Gasteiger partial charge in [0, 0.05) is 18.3 Å². The van der Waals surface area contributed by atoms with E-state index in [-0.39, 0.29) is 36.8 Å². The van der Waals surface area contributed by atoms with Gasteiger partial charge in [0.15, 0.2) is 11.4 Å². The fourth-order valence-corrected chi connectivity index (χ4v) is 7.63. The van der Waals surface area contributed by atoms with E-state index in [1.165, 1.54) is 5.57 Å². The molecule has 1 N–H and O–H groups in total. The summed E-state index contributed by atoms with van der Waals surface area (Å²) in [6, 6.07) is 0. The van der Waals surface area contributed by atoms with Crippen LogP contribution < -0.4 is 0 Å². The van der Waals surface area contributed by atoms with E-state index in [1.807, 2.05) is 6.08 Å². The molecule has 4 rings (SSSR count). The first-order chi connectivity index (χ1) is 13.7. The van der Waals surface area contributed by atoms with Gasteiger partial charge in [0.1, 0.15) is 6.61 Å². The van der Waals surface area contributed by atoms with Crippen LogP contribution in [0.15, 0.2) is 11.6 Å². The Morgan fingerprint density at radius 3 is 2.47 bits per heavy atom. The van der Waals surface area contributed by atoms with Crippen molar-refractivity contribution in [3.05, 3.63) is 11.6 Å². The molecule has 168 valence electrons. The topological polar surface area (TPSA) is 80.7 Å². The van der Waals surface area contributed by atoms with Crippen LogP contribution in [0.2, 0.25) is 0 Å². The van der Waals surface area contributed by atoms with Gasteiger partial charge in [-0.15, -0.1) is 0 Å². The van der Waals surface area contributed by atoms with E-state index in [4.69, 9.17) is 4.74 Å². The molecule has 0 saturated heterocycles. The predicted molar refractivity (Wildman–Crippen MR) is 115 cm³/mol. The third kappa shape index (κ3) is 3.03. The predicted octanol–water partition coefficient (Wildman–Crippen LogP) is 4.41. The first-order valence-corrected chi connectivity index (χ1v) is 11.3. The van der Waals surface area contributed by atoms with Gasteiger partial charge in [0.05, 0.1) is 0 Å². The molecule has 0 spiro atoms. The Balaban J connectivity index is 0.00000256. The highest BCUT2D eigenvalue weighted by molar-refractivity contribution is 5.92. The van der Waals surface area contributed by atoms with Crippen LogP contribution in [0.5, 0.6) is 0 Å². The van der Waals surface area contributed by atoms with E-state index in [0.29, 0.717) is 30.6 Å². The molecule has 5 nitrogen and oxygen atoms in total. The molecule has 0 amide bonds. The Labute approximate surface area is 180 Å². The number of aliphatic hydroxyl groups excluding tert-OH is 1. The van der Waals surface area contributed by atoms with Gasteiger partial charge in [0.25, 0.3) is 0 Å². The van der Waals surface area contributed by atoms with Crippen molar-refractivity contribution in [1.82, 2.24) is 0 Å². The SMILES string of the molecule is C.CCC(=O)O[C@]1(C(=O)CO)CCC2[C@@H]3CCC4=CC(=O)CC[C@]4(C)[C@H]3CC[C@@]21C. The lowest BCUT2D eigenvalue weighted by Crippen LogP contribution is -2.59. The van der Waals surface area contributed by atoms with Crippen LogP contribution in [0.25, 0.3) is 0 Å². The molecule has 0 bridgehead atoms. The quantitative estimate of drug-likeness (QED) is 0.684. The summed E-state index contributed by atoms with van der Waals surface area (Å²) in [7, 11) is 0. The number of hydrogen-bond acceptors (Lipinski definition) is 5. The van der Waals surface area contributed by atoms with Gasteiger partial charge in [-0.05, 0) is 74.2 Å². The first kappa shape index (κ1) is 23.2. The van der Waals surface area contributed by atoms with Gasteiger partial charge in [-0.3, -0.25) is 14.4 Å². The maximum atomic E-state index is 13.0. The summed E-state index contributed by atoms with van der Waals surface area (Å²) < 4.78 is 5.89. The average molecular weight is 419 g/mol. The molecule has 0 aromatic rings. The lowest BCUT2D eigenvalue weighted by Gasteiger charge is -2.59. The lowest BCUT2D eigenvalue weighted by molar-refractivity contribution is -0.191. The van der Waals surface area contributed by atoms with E-state index < -0.39 is 17.6 Å². The second-order valence-corrected chi connectivity index (χ2v) is 10.2. The van der Waals surface area contributed by atoms with E-state index in [9.17, 15) is 19.5 Å². The summed E-state index contributed by atoms with van der Waals surface area (Å²) in [5, 5.41) is 9.72. The van der Waals surface area contributed by atoms with Crippen molar-refractivity contribution in [2.45, 2.75) is 91.6 Å². The summed E-state index contributed by atoms with van der Waals surface area (Å²) in [5.74, 6) is 0.846. The average Bonchev–Trinajstić information content (AvgIpc) is 3.01. The van der Waals surface area contributed by atoms with E-state index in [1.54, 1.807) is 6.92 Å². The maximum Gasteiger partial charge on any atom is 0.306 e. The number of carbonyl (C=O) groups excluding carboxylic acids is 3. The summed E-state index contributed by atoms with van der Waals surface area (Å²) in [4.78, 5) is 37.2. The summed E-state index contributed by atoms with van der Waals surface area (Å²) in [5.41, 5.74) is -0.221. The van der Waals surface area contributed by atoms with Crippen molar-refractivity contribution in [3.63, 3.8) is 0 Å². The molecule has 3 saturated carbocycles. The van der Waals surface area contributed by atoms with E-state index >= 15 is 0 Å². The van der Waals surface area contributed by atoms with E-state index in [0.717, 1.165) is 38.5 Å². The number of rotatable bonds is 4. The maximum absolute atomic E-state index is 13.0. The number of hydrogen-bond donors (Lipinski definition) is 1. The van der Waals surface area contributed by atoms with Crippen molar-refractivity contribution in [2.24, 2.45) is 28.6 Å². The number of fused-ring (bicyclic) bond motifs is 5. The molecule has 0 aromatic heterocycles. The van der Waals surface area contributed by atoms with Crippen LogP contribution >= 0.6 is 0 Å². The highest BCUT2D eigenvalue weighted by Gasteiger charge is 2.68. The molecule has 1 unspecified atom stereocenters. The molecule has 6 atom stereocenters. The van der Waals surface area contributed by atoms with E-state index in [2.05, 4.69) is 13.8 Å². The summed E-state index contributed by atoms with van der Waals surface area (Å²) in [6.07, 6.45) is 8.84. The van der Waals surface area contributed by atoms with Crippen LogP contribution in [0.3, 0.4) is 0 Å². The summed E-state index contributed by atoms with van der Waals surface area (Å²) in [6.45, 7) is 5.61.